The van der Waals surface area contributed by atoms with Crippen LogP contribution in [0.15, 0.2) is 29.4 Å². The molecule has 1 aromatic carbocycles. The number of halogens is 1. The van der Waals surface area contributed by atoms with E-state index in [4.69, 9.17) is 25.8 Å². The summed E-state index contributed by atoms with van der Waals surface area (Å²) in [6.45, 7) is 3.84. The molecule has 1 aromatic heterocycles. The highest BCUT2D eigenvalue weighted by Crippen LogP contribution is 2.28. The number of rotatable bonds is 11. The number of anilines is 1. The standard InChI is InChI=1S/C25H33ClN4O5S/c1-5-35-24(32)18-7-6-11-30(15-18)23(31)16-36-25-27-21(26)14-22(28-25)29(2)12-10-17-8-9-19(33-3)20(13-17)34-4/h8-9,13-14,18H,5-7,10-12,15-16H2,1-4H3. The van der Waals surface area contributed by atoms with Gasteiger partial charge in [-0.25, -0.2) is 9.97 Å². The van der Waals surface area contributed by atoms with E-state index < -0.39 is 0 Å². The van der Waals surface area contributed by atoms with Gasteiger partial charge in [0.25, 0.3) is 0 Å². The Labute approximate surface area is 221 Å². The number of amides is 1. The third-order valence-corrected chi connectivity index (χ3v) is 6.98. The van der Waals surface area contributed by atoms with Gasteiger partial charge >= 0.3 is 5.97 Å². The number of hydrogen-bond acceptors (Lipinski definition) is 9. The summed E-state index contributed by atoms with van der Waals surface area (Å²) in [5.74, 6) is 1.67. The highest BCUT2D eigenvalue weighted by atomic mass is 35.5. The number of aromatic nitrogens is 2. The largest absolute Gasteiger partial charge is 0.493 e. The third-order valence-electron chi connectivity index (χ3n) is 5.95. The highest BCUT2D eigenvalue weighted by Gasteiger charge is 2.29. The van der Waals surface area contributed by atoms with Gasteiger partial charge in [0.2, 0.25) is 5.91 Å². The lowest BCUT2D eigenvalue weighted by Crippen LogP contribution is -2.43. The molecule has 0 aliphatic carbocycles. The van der Waals surface area contributed by atoms with Crippen LogP contribution in [0.3, 0.4) is 0 Å². The third kappa shape index (κ3) is 7.64. The van der Waals surface area contributed by atoms with Crippen LogP contribution >= 0.6 is 23.4 Å². The lowest BCUT2D eigenvalue weighted by Gasteiger charge is -2.31. The predicted molar refractivity (Wildman–Crippen MR) is 140 cm³/mol. The van der Waals surface area contributed by atoms with Crippen LogP contribution in [0.1, 0.15) is 25.3 Å². The van der Waals surface area contributed by atoms with E-state index in [1.807, 2.05) is 30.1 Å². The molecule has 0 N–H and O–H groups in total. The van der Waals surface area contributed by atoms with Crippen molar-refractivity contribution in [2.45, 2.75) is 31.3 Å². The second-order valence-electron chi connectivity index (χ2n) is 8.41. The molecule has 0 saturated carbocycles. The molecular weight excluding hydrogens is 504 g/mol. The first kappa shape index (κ1) is 27.9. The van der Waals surface area contributed by atoms with E-state index in [1.54, 1.807) is 32.1 Å². The number of carbonyl (C=O) groups excluding carboxylic acids is 2. The Bertz CT molecular complexity index is 1060. The molecule has 0 radical (unpaired) electrons. The molecule has 2 heterocycles. The number of nitrogens with zero attached hydrogens (tertiary/aromatic N) is 4. The molecule has 0 bridgehead atoms. The summed E-state index contributed by atoms with van der Waals surface area (Å²) in [4.78, 5) is 37.4. The second-order valence-corrected chi connectivity index (χ2v) is 9.74. The first-order valence-electron chi connectivity index (χ1n) is 11.9. The van der Waals surface area contributed by atoms with Crippen LogP contribution in [0, 0.1) is 5.92 Å². The number of esters is 1. The van der Waals surface area contributed by atoms with Gasteiger partial charge in [0.1, 0.15) is 11.0 Å². The maximum Gasteiger partial charge on any atom is 0.310 e. The number of likely N-dealkylation sites (N-methyl/N-ethyl adjacent to an activating group) is 1. The smallest absolute Gasteiger partial charge is 0.310 e. The van der Waals surface area contributed by atoms with Gasteiger partial charge in [0, 0.05) is 32.7 Å². The minimum atomic E-state index is -0.263. The summed E-state index contributed by atoms with van der Waals surface area (Å²) in [6, 6.07) is 7.55. The maximum absolute atomic E-state index is 12.8. The molecule has 1 amide bonds. The van der Waals surface area contributed by atoms with Gasteiger partial charge in [0.15, 0.2) is 16.7 Å². The van der Waals surface area contributed by atoms with Crippen LogP contribution in [0.2, 0.25) is 5.15 Å². The van der Waals surface area contributed by atoms with Gasteiger partial charge in [-0.05, 0) is 43.9 Å². The lowest BCUT2D eigenvalue weighted by atomic mass is 9.98. The number of carbonyl (C=O) groups is 2. The van der Waals surface area contributed by atoms with Crippen molar-refractivity contribution in [2.75, 3.05) is 58.2 Å². The topological polar surface area (TPSA) is 94.1 Å². The number of piperidine rings is 1. The number of methoxy groups -OCH3 is 2. The SMILES string of the molecule is CCOC(=O)C1CCCN(C(=O)CSc2nc(Cl)cc(N(C)CCc3ccc(OC)c(OC)c3)n2)C1. The van der Waals surface area contributed by atoms with Crippen LogP contribution in [-0.4, -0.2) is 80.0 Å². The van der Waals surface area contributed by atoms with Gasteiger partial charge in [0.05, 0.1) is 32.5 Å². The van der Waals surface area contributed by atoms with E-state index in [0.29, 0.717) is 53.9 Å². The number of likely N-dealkylation sites (tertiary alicyclic amines) is 1. The summed E-state index contributed by atoms with van der Waals surface area (Å²) < 4.78 is 15.8. The zero-order valence-electron chi connectivity index (χ0n) is 21.2. The molecular formula is C25H33ClN4O5S. The minimum Gasteiger partial charge on any atom is -0.493 e. The normalized spacial score (nSPS) is 15.4. The molecule has 1 fully saturated rings. The van der Waals surface area contributed by atoms with Gasteiger partial charge in [-0.1, -0.05) is 29.4 Å². The van der Waals surface area contributed by atoms with Crippen molar-refractivity contribution < 1.29 is 23.8 Å². The van der Waals surface area contributed by atoms with Crippen molar-refractivity contribution in [2.24, 2.45) is 5.92 Å². The van der Waals surface area contributed by atoms with E-state index in [1.165, 1.54) is 11.8 Å². The van der Waals surface area contributed by atoms with Crippen LogP contribution in [0.25, 0.3) is 0 Å². The fourth-order valence-electron chi connectivity index (χ4n) is 3.97. The van der Waals surface area contributed by atoms with E-state index >= 15 is 0 Å². The first-order valence-corrected chi connectivity index (χ1v) is 13.2. The molecule has 1 aliphatic rings. The van der Waals surface area contributed by atoms with Crippen molar-refractivity contribution in [3.63, 3.8) is 0 Å². The molecule has 196 valence electrons. The van der Waals surface area contributed by atoms with Crippen molar-refractivity contribution in [1.82, 2.24) is 14.9 Å². The average Bonchev–Trinajstić information content (AvgIpc) is 2.90. The molecule has 0 spiro atoms. The average molecular weight is 537 g/mol. The van der Waals surface area contributed by atoms with Crippen molar-refractivity contribution >= 4 is 41.1 Å². The van der Waals surface area contributed by atoms with Crippen LogP contribution in [0.5, 0.6) is 11.5 Å². The number of hydrogen-bond donors (Lipinski definition) is 0. The summed E-state index contributed by atoms with van der Waals surface area (Å²) >= 11 is 7.50. The summed E-state index contributed by atoms with van der Waals surface area (Å²) in [7, 11) is 5.16. The van der Waals surface area contributed by atoms with Crippen LogP contribution < -0.4 is 14.4 Å². The molecule has 11 heteroatoms. The molecule has 1 saturated heterocycles. The predicted octanol–water partition coefficient (Wildman–Crippen LogP) is 3.72. The summed E-state index contributed by atoms with van der Waals surface area (Å²) in [5.41, 5.74) is 1.10. The Morgan fingerprint density at radius 3 is 2.69 bits per heavy atom. The quantitative estimate of drug-likeness (QED) is 0.184. The maximum atomic E-state index is 12.8. The zero-order chi connectivity index (χ0) is 26.1. The molecule has 1 aliphatic heterocycles. The van der Waals surface area contributed by atoms with Crippen molar-refractivity contribution in [3.05, 3.63) is 35.0 Å². The Kier molecular flexibility index (Phi) is 10.5. The van der Waals surface area contributed by atoms with E-state index in [0.717, 1.165) is 24.8 Å². The molecule has 3 rings (SSSR count). The number of benzene rings is 1. The zero-order valence-corrected chi connectivity index (χ0v) is 22.7. The van der Waals surface area contributed by atoms with Gasteiger partial charge < -0.3 is 24.0 Å². The monoisotopic (exact) mass is 536 g/mol. The summed E-state index contributed by atoms with van der Waals surface area (Å²) in [5, 5.41) is 0.746. The first-order chi connectivity index (χ1) is 17.3. The minimum absolute atomic E-state index is 0.0547. The van der Waals surface area contributed by atoms with E-state index in [-0.39, 0.29) is 23.5 Å². The second kappa shape index (κ2) is 13.5. The Balaban J connectivity index is 1.57. The van der Waals surface area contributed by atoms with Crippen molar-refractivity contribution in [1.29, 1.82) is 0 Å². The Hall–Kier alpha value is -2.72. The highest BCUT2D eigenvalue weighted by molar-refractivity contribution is 7.99. The van der Waals surface area contributed by atoms with Crippen molar-refractivity contribution in [3.8, 4) is 11.5 Å². The lowest BCUT2D eigenvalue weighted by molar-refractivity contribution is -0.151. The molecule has 36 heavy (non-hydrogen) atoms. The summed E-state index contributed by atoms with van der Waals surface area (Å²) in [6.07, 6.45) is 2.28. The van der Waals surface area contributed by atoms with Crippen LogP contribution in [-0.2, 0) is 20.7 Å². The van der Waals surface area contributed by atoms with E-state index in [9.17, 15) is 9.59 Å². The number of thioether (sulfide) groups is 1. The molecule has 9 nitrogen and oxygen atoms in total. The fourth-order valence-corrected chi connectivity index (χ4v) is 4.95. The Morgan fingerprint density at radius 1 is 1.19 bits per heavy atom. The fraction of sp³-hybridized carbons (Fsp3) is 0.520. The van der Waals surface area contributed by atoms with Gasteiger partial charge in [-0.3, -0.25) is 9.59 Å². The van der Waals surface area contributed by atoms with E-state index in [2.05, 4.69) is 9.97 Å². The van der Waals surface area contributed by atoms with Gasteiger partial charge in [-0.15, -0.1) is 0 Å². The van der Waals surface area contributed by atoms with Gasteiger partial charge in [-0.2, -0.15) is 0 Å². The molecule has 2 aromatic rings. The Morgan fingerprint density at radius 2 is 1.97 bits per heavy atom. The van der Waals surface area contributed by atoms with Crippen LogP contribution in [0.4, 0.5) is 5.82 Å². The molecule has 1 atom stereocenters. The number of ether oxygens (including phenoxy) is 3. The molecule has 1 unspecified atom stereocenters.